The van der Waals surface area contributed by atoms with E-state index in [0.29, 0.717) is 6.04 Å². The highest BCUT2D eigenvalue weighted by Crippen LogP contribution is 2.23. The van der Waals surface area contributed by atoms with Crippen LogP contribution in [0, 0.1) is 0 Å². The van der Waals surface area contributed by atoms with E-state index in [1.807, 2.05) is 25.1 Å². The van der Waals surface area contributed by atoms with Gasteiger partial charge in [0.25, 0.3) is 0 Å². The van der Waals surface area contributed by atoms with Crippen LogP contribution in [0.15, 0.2) is 18.2 Å². The Bertz CT molecular complexity index is 515. The Morgan fingerprint density at radius 1 is 1.41 bits per heavy atom. The summed E-state index contributed by atoms with van der Waals surface area (Å²) in [5.41, 5.74) is 8.66. The van der Waals surface area contributed by atoms with Crippen LogP contribution in [0.2, 0.25) is 0 Å². The maximum Gasteiger partial charge on any atom is 0.241 e. The summed E-state index contributed by atoms with van der Waals surface area (Å²) >= 11 is 0. The molecule has 3 N–H and O–H groups in total. The van der Waals surface area contributed by atoms with E-state index in [1.54, 1.807) is 0 Å². The number of carbonyl (C=O) groups excluding carboxylic acids is 1. The third-order valence-electron chi connectivity index (χ3n) is 4.82. The molecule has 0 radical (unpaired) electrons. The predicted molar refractivity (Wildman–Crippen MR) is 93.0 cm³/mol. The number of anilines is 2. The van der Waals surface area contributed by atoms with Gasteiger partial charge in [-0.2, -0.15) is 0 Å². The Hall–Kier alpha value is -1.55. The second kappa shape index (κ2) is 7.63. The molecule has 0 aliphatic carbocycles. The monoisotopic (exact) mass is 303 g/mol. The Labute approximate surface area is 134 Å². The molecule has 0 bridgehead atoms. The number of amides is 1. The van der Waals surface area contributed by atoms with Gasteiger partial charge in [0.2, 0.25) is 5.91 Å². The number of likely N-dealkylation sites (tertiary alicyclic amines) is 1. The zero-order valence-electron chi connectivity index (χ0n) is 14.1. The topological polar surface area (TPSA) is 58.4 Å². The van der Waals surface area contributed by atoms with Gasteiger partial charge in [0, 0.05) is 17.4 Å². The molecule has 2 rings (SSSR count). The number of hydrogen-bond acceptors (Lipinski definition) is 3. The molecule has 0 saturated carbocycles. The number of nitrogens with one attached hydrogen (secondary N) is 1. The third-order valence-corrected chi connectivity index (χ3v) is 4.82. The molecule has 4 heteroatoms. The van der Waals surface area contributed by atoms with E-state index in [0.717, 1.165) is 36.3 Å². The molecular formula is C18H29N3O. The van der Waals surface area contributed by atoms with Gasteiger partial charge in [-0.25, -0.2) is 0 Å². The van der Waals surface area contributed by atoms with Gasteiger partial charge < -0.3 is 11.1 Å². The third kappa shape index (κ3) is 3.80. The standard InChI is InChI=1S/C18H29N3O/c1-4-14-9-10-15(12-17(14)19)20-18(22)13(3)21-11-7-6-8-16(21)5-2/h9-10,12-13,16H,4-8,11,19H2,1-3H3,(H,20,22). The molecule has 1 amide bonds. The van der Waals surface area contributed by atoms with Crippen LogP contribution in [0.1, 0.15) is 52.0 Å². The average Bonchev–Trinajstić information content (AvgIpc) is 2.54. The van der Waals surface area contributed by atoms with Gasteiger partial charge in [0.1, 0.15) is 0 Å². The first kappa shape index (κ1) is 16.8. The zero-order chi connectivity index (χ0) is 16.1. The molecule has 1 aromatic rings. The maximum atomic E-state index is 12.5. The van der Waals surface area contributed by atoms with Gasteiger partial charge in [-0.15, -0.1) is 0 Å². The van der Waals surface area contributed by atoms with Gasteiger partial charge in [0.15, 0.2) is 0 Å². The van der Waals surface area contributed by atoms with E-state index in [1.165, 1.54) is 19.3 Å². The van der Waals surface area contributed by atoms with Crippen LogP contribution in [0.4, 0.5) is 11.4 Å². The van der Waals surface area contributed by atoms with Crippen molar-refractivity contribution in [3.8, 4) is 0 Å². The van der Waals surface area contributed by atoms with Crippen LogP contribution in [0.5, 0.6) is 0 Å². The van der Waals surface area contributed by atoms with Crippen molar-refractivity contribution in [2.24, 2.45) is 0 Å². The molecule has 1 aliphatic heterocycles. The van der Waals surface area contributed by atoms with Crippen LogP contribution in [-0.4, -0.2) is 29.4 Å². The second-order valence-corrected chi connectivity index (χ2v) is 6.23. The Kier molecular flexibility index (Phi) is 5.83. The molecule has 1 saturated heterocycles. The molecule has 1 aromatic carbocycles. The molecule has 0 aromatic heterocycles. The first-order chi connectivity index (χ1) is 10.6. The summed E-state index contributed by atoms with van der Waals surface area (Å²) in [5.74, 6) is 0.0593. The fourth-order valence-corrected chi connectivity index (χ4v) is 3.36. The molecule has 2 unspecified atom stereocenters. The van der Waals surface area contributed by atoms with Gasteiger partial charge in [0.05, 0.1) is 6.04 Å². The number of benzene rings is 1. The van der Waals surface area contributed by atoms with Gasteiger partial charge in [-0.1, -0.05) is 26.3 Å². The van der Waals surface area contributed by atoms with Gasteiger partial charge >= 0.3 is 0 Å². The molecule has 2 atom stereocenters. The summed E-state index contributed by atoms with van der Waals surface area (Å²) < 4.78 is 0. The van der Waals surface area contributed by atoms with Crippen molar-refractivity contribution < 1.29 is 4.79 Å². The number of nitrogen functional groups attached to an aromatic ring is 1. The molecule has 0 spiro atoms. The summed E-state index contributed by atoms with van der Waals surface area (Å²) in [6, 6.07) is 6.22. The fourth-order valence-electron chi connectivity index (χ4n) is 3.36. The number of nitrogens with two attached hydrogens (primary N) is 1. The first-order valence-electron chi connectivity index (χ1n) is 8.51. The van der Waals surface area contributed by atoms with Crippen molar-refractivity contribution in [2.45, 2.75) is 65.0 Å². The summed E-state index contributed by atoms with van der Waals surface area (Å²) in [6.07, 6.45) is 5.68. The van der Waals surface area contributed by atoms with E-state index in [4.69, 9.17) is 5.73 Å². The molecule has 1 aliphatic rings. The average molecular weight is 303 g/mol. The first-order valence-corrected chi connectivity index (χ1v) is 8.51. The van der Waals surface area contributed by atoms with E-state index in [9.17, 15) is 4.79 Å². The number of carbonyl (C=O) groups is 1. The lowest BCUT2D eigenvalue weighted by molar-refractivity contribution is -0.122. The molecule has 4 nitrogen and oxygen atoms in total. The van der Waals surface area contributed by atoms with Gasteiger partial charge in [-0.05, 0) is 56.8 Å². The Morgan fingerprint density at radius 2 is 2.18 bits per heavy atom. The van der Waals surface area contributed by atoms with E-state index in [2.05, 4.69) is 24.1 Å². The highest BCUT2D eigenvalue weighted by molar-refractivity contribution is 5.95. The van der Waals surface area contributed by atoms with E-state index in [-0.39, 0.29) is 11.9 Å². The maximum absolute atomic E-state index is 12.5. The van der Waals surface area contributed by atoms with Crippen LogP contribution >= 0.6 is 0 Å². The van der Waals surface area contributed by atoms with Crippen molar-refractivity contribution in [1.29, 1.82) is 0 Å². The summed E-state index contributed by atoms with van der Waals surface area (Å²) in [4.78, 5) is 14.9. The van der Waals surface area contributed by atoms with E-state index >= 15 is 0 Å². The van der Waals surface area contributed by atoms with Crippen LogP contribution in [0.25, 0.3) is 0 Å². The number of nitrogens with zero attached hydrogens (tertiary/aromatic N) is 1. The predicted octanol–water partition coefficient (Wildman–Crippen LogP) is 3.42. The minimum atomic E-state index is -0.0997. The fraction of sp³-hybridized carbons (Fsp3) is 0.611. The van der Waals surface area contributed by atoms with E-state index < -0.39 is 0 Å². The van der Waals surface area contributed by atoms with Crippen LogP contribution in [-0.2, 0) is 11.2 Å². The van der Waals surface area contributed by atoms with Crippen LogP contribution in [0.3, 0.4) is 0 Å². The SMILES string of the molecule is CCc1ccc(NC(=O)C(C)N2CCCCC2CC)cc1N. The number of hydrogen-bond donors (Lipinski definition) is 2. The van der Waals surface area contributed by atoms with Gasteiger partial charge in [-0.3, -0.25) is 9.69 Å². The molecule has 1 fully saturated rings. The van der Waals surface area contributed by atoms with Crippen molar-refractivity contribution >= 4 is 17.3 Å². The molecule has 22 heavy (non-hydrogen) atoms. The van der Waals surface area contributed by atoms with Crippen LogP contribution < -0.4 is 11.1 Å². The van der Waals surface area contributed by atoms with Crippen molar-refractivity contribution in [2.75, 3.05) is 17.6 Å². The summed E-state index contributed by atoms with van der Waals surface area (Å²) in [6.45, 7) is 7.31. The highest BCUT2D eigenvalue weighted by Gasteiger charge is 2.29. The van der Waals surface area contributed by atoms with Crippen molar-refractivity contribution in [3.63, 3.8) is 0 Å². The minimum Gasteiger partial charge on any atom is -0.398 e. The Balaban J connectivity index is 2.03. The summed E-state index contributed by atoms with van der Waals surface area (Å²) in [5, 5.41) is 3.02. The molecular weight excluding hydrogens is 274 g/mol. The summed E-state index contributed by atoms with van der Waals surface area (Å²) in [7, 11) is 0. The zero-order valence-corrected chi connectivity index (χ0v) is 14.1. The molecule has 1 heterocycles. The second-order valence-electron chi connectivity index (χ2n) is 6.23. The lowest BCUT2D eigenvalue weighted by Crippen LogP contribution is -2.49. The number of piperidine rings is 1. The highest BCUT2D eigenvalue weighted by atomic mass is 16.2. The number of rotatable bonds is 5. The normalized spacial score (nSPS) is 20.6. The minimum absolute atomic E-state index is 0.0593. The quantitative estimate of drug-likeness (QED) is 0.819. The van der Waals surface area contributed by atoms with Crippen molar-refractivity contribution in [1.82, 2.24) is 4.90 Å². The Morgan fingerprint density at radius 3 is 2.82 bits per heavy atom. The lowest BCUT2D eigenvalue weighted by Gasteiger charge is -2.38. The van der Waals surface area contributed by atoms with Crippen molar-refractivity contribution in [3.05, 3.63) is 23.8 Å². The lowest BCUT2D eigenvalue weighted by atomic mass is 9.98. The smallest absolute Gasteiger partial charge is 0.241 e. The number of aryl methyl sites for hydroxylation is 1. The molecule has 122 valence electrons. The largest absolute Gasteiger partial charge is 0.398 e.